The zero-order chi connectivity index (χ0) is 14.2. The summed E-state index contributed by atoms with van der Waals surface area (Å²) in [6, 6.07) is 0. The van der Waals surface area contributed by atoms with E-state index in [1.54, 1.807) is 0 Å². The maximum atomic E-state index is 11.6. The summed E-state index contributed by atoms with van der Waals surface area (Å²) in [4.78, 5) is 34.5. The van der Waals surface area contributed by atoms with Crippen LogP contribution >= 0.6 is 11.8 Å². The number of H-pyrrole nitrogens is 1. The van der Waals surface area contributed by atoms with Crippen LogP contribution in [0.4, 0.5) is 5.69 Å². The molecule has 3 N–H and O–H groups in total. The van der Waals surface area contributed by atoms with Crippen molar-refractivity contribution in [2.45, 2.75) is 23.1 Å². The minimum absolute atomic E-state index is 0.166. The lowest BCUT2D eigenvalue weighted by Gasteiger charge is -2.11. The van der Waals surface area contributed by atoms with Crippen molar-refractivity contribution in [2.24, 2.45) is 0 Å². The van der Waals surface area contributed by atoms with Crippen LogP contribution in [0.25, 0.3) is 0 Å². The number of thioether (sulfide) groups is 1. The van der Waals surface area contributed by atoms with Crippen LogP contribution in [0.3, 0.4) is 0 Å². The SMILES string of the molecule is O=c1[nH]c(=O)n([C@@H]2C[C@H](O)[C@H](CO)S2)cc1[N+](=O)[O-]. The van der Waals surface area contributed by atoms with Gasteiger partial charge in [0.15, 0.2) is 0 Å². The molecular weight excluding hydrogens is 278 g/mol. The van der Waals surface area contributed by atoms with Crippen molar-refractivity contribution < 1.29 is 15.1 Å². The van der Waals surface area contributed by atoms with Gasteiger partial charge in [-0.3, -0.25) is 24.5 Å². The second-order valence-corrected chi connectivity index (χ2v) is 5.47. The maximum absolute atomic E-state index is 11.6. The van der Waals surface area contributed by atoms with E-state index in [1.165, 1.54) is 0 Å². The predicted octanol–water partition coefficient (Wildman–Crippen LogP) is -1.20. The van der Waals surface area contributed by atoms with Gasteiger partial charge in [-0.1, -0.05) is 0 Å². The summed E-state index contributed by atoms with van der Waals surface area (Å²) in [6.07, 6.45) is 0.225. The summed E-state index contributed by atoms with van der Waals surface area (Å²) < 4.78 is 1.00. The smallest absolute Gasteiger partial charge is 0.350 e. The van der Waals surface area contributed by atoms with Gasteiger partial charge >= 0.3 is 16.9 Å². The standard InChI is InChI=1S/C9H11N3O6S/c13-3-6-5(14)1-7(19-6)11-2-4(12(17)18)8(15)10-9(11)16/h2,5-7,13-14H,1,3H2,(H,10,15,16)/t5-,6-,7-/m0/s1. The van der Waals surface area contributed by atoms with Crippen molar-refractivity contribution in [3.05, 3.63) is 37.1 Å². The van der Waals surface area contributed by atoms with Crippen molar-refractivity contribution in [3.63, 3.8) is 0 Å². The number of nitro groups is 1. The lowest BCUT2D eigenvalue weighted by molar-refractivity contribution is -0.386. The summed E-state index contributed by atoms with van der Waals surface area (Å²) >= 11 is 1.13. The minimum atomic E-state index is -1.06. The molecule has 9 nitrogen and oxygen atoms in total. The Morgan fingerprint density at radius 3 is 2.79 bits per heavy atom. The number of rotatable bonds is 3. The lowest BCUT2D eigenvalue weighted by Crippen LogP contribution is -2.32. The van der Waals surface area contributed by atoms with Gasteiger partial charge in [0, 0.05) is 6.42 Å². The Morgan fingerprint density at radius 1 is 1.58 bits per heavy atom. The van der Waals surface area contributed by atoms with E-state index >= 15 is 0 Å². The first-order valence-electron chi connectivity index (χ1n) is 5.38. The van der Waals surface area contributed by atoms with Crippen LogP contribution in [0, 0.1) is 10.1 Å². The van der Waals surface area contributed by atoms with E-state index < -0.39 is 38.6 Å². The largest absolute Gasteiger partial charge is 0.395 e. The Labute approximate surface area is 110 Å². The summed E-state index contributed by atoms with van der Waals surface area (Å²) in [5.74, 6) is 0. The molecule has 0 aromatic carbocycles. The number of aromatic nitrogens is 2. The Morgan fingerprint density at radius 2 is 2.26 bits per heavy atom. The molecule has 0 spiro atoms. The molecule has 0 unspecified atom stereocenters. The highest BCUT2D eigenvalue weighted by Crippen LogP contribution is 2.40. The molecular formula is C9H11N3O6S. The summed E-state index contributed by atoms with van der Waals surface area (Å²) in [5, 5.41) is 28.3. The van der Waals surface area contributed by atoms with Gasteiger partial charge < -0.3 is 10.2 Å². The van der Waals surface area contributed by atoms with Crippen molar-refractivity contribution in [3.8, 4) is 0 Å². The molecule has 1 saturated heterocycles. The zero-order valence-electron chi connectivity index (χ0n) is 9.55. The van der Waals surface area contributed by atoms with Crippen LogP contribution in [-0.4, -0.2) is 42.6 Å². The fourth-order valence-corrected chi connectivity index (χ4v) is 3.25. The van der Waals surface area contributed by atoms with Gasteiger partial charge in [0.2, 0.25) is 0 Å². The van der Waals surface area contributed by atoms with Gasteiger partial charge in [0.1, 0.15) is 0 Å². The fraction of sp³-hybridized carbons (Fsp3) is 0.556. The summed E-state index contributed by atoms with van der Waals surface area (Å²) in [7, 11) is 0. The molecule has 1 aliphatic rings. The highest BCUT2D eigenvalue weighted by atomic mass is 32.2. The monoisotopic (exact) mass is 289 g/mol. The third-order valence-electron chi connectivity index (χ3n) is 2.84. The van der Waals surface area contributed by atoms with Crippen molar-refractivity contribution >= 4 is 17.4 Å². The lowest BCUT2D eigenvalue weighted by atomic mass is 10.2. The molecule has 1 aromatic heterocycles. The average Bonchev–Trinajstić information content (AvgIpc) is 2.69. The Balaban J connectivity index is 2.41. The highest BCUT2D eigenvalue weighted by molar-refractivity contribution is 8.00. The van der Waals surface area contributed by atoms with Crippen LogP contribution in [0.2, 0.25) is 0 Å². The number of hydrogen-bond donors (Lipinski definition) is 3. The molecule has 0 saturated carbocycles. The van der Waals surface area contributed by atoms with Crippen LogP contribution in [0.5, 0.6) is 0 Å². The van der Waals surface area contributed by atoms with Gasteiger partial charge in [-0.15, -0.1) is 11.8 Å². The molecule has 2 heterocycles. The zero-order valence-corrected chi connectivity index (χ0v) is 10.4. The van der Waals surface area contributed by atoms with Crippen molar-refractivity contribution in [1.82, 2.24) is 9.55 Å². The Hall–Kier alpha value is -1.65. The van der Waals surface area contributed by atoms with Gasteiger partial charge in [0.25, 0.3) is 0 Å². The summed E-state index contributed by atoms with van der Waals surface area (Å²) in [6.45, 7) is -0.261. The number of aliphatic hydroxyl groups excluding tert-OH is 2. The van der Waals surface area contributed by atoms with Crippen LogP contribution < -0.4 is 11.2 Å². The maximum Gasteiger partial charge on any atom is 0.350 e. The predicted molar refractivity (Wildman–Crippen MR) is 66.1 cm³/mol. The third kappa shape index (κ3) is 2.55. The minimum Gasteiger partial charge on any atom is -0.395 e. The van der Waals surface area contributed by atoms with Crippen LogP contribution in [0.15, 0.2) is 15.8 Å². The molecule has 3 atom stereocenters. The summed E-state index contributed by atoms with van der Waals surface area (Å²) in [5.41, 5.74) is -2.57. The van der Waals surface area contributed by atoms with E-state index in [4.69, 9.17) is 5.11 Å². The molecule has 0 radical (unpaired) electrons. The third-order valence-corrected chi connectivity index (χ3v) is 4.39. The fourth-order valence-electron chi connectivity index (χ4n) is 1.87. The van der Waals surface area contributed by atoms with E-state index in [0.717, 1.165) is 22.5 Å². The number of aromatic amines is 1. The van der Waals surface area contributed by atoms with Crippen LogP contribution in [-0.2, 0) is 0 Å². The van der Waals surface area contributed by atoms with E-state index in [0.29, 0.717) is 0 Å². The van der Waals surface area contributed by atoms with Crippen molar-refractivity contribution in [1.29, 1.82) is 0 Å². The normalized spacial score (nSPS) is 26.5. The number of hydrogen-bond acceptors (Lipinski definition) is 7. The van der Waals surface area contributed by atoms with Gasteiger partial charge in [0.05, 0.1) is 34.5 Å². The Bertz CT molecular complexity index is 611. The van der Waals surface area contributed by atoms with Gasteiger partial charge in [-0.05, 0) is 0 Å². The highest BCUT2D eigenvalue weighted by Gasteiger charge is 2.35. The molecule has 2 rings (SSSR count). The topological polar surface area (TPSA) is 138 Å². The van der Waals surface area contributed by atoms with Crippen LogP contribution in [0.1, 0.15) is 11.8 Å². The number of nitrogens with zero attached hydrogens (tertiary/aromatic N) is 2. The van der Waals surface area contributed by atoms with E-state index in [-0.39, 0.29) is 13.0 Å². The quantitative estimate of drug-likeness (QED) is 0.469. The molecule has 0 amide bonds. The van der Waals surface area contributed by atoms with Gasteiger partial charge in [-0.2, -0.15) is 0 Å². The number of aliphatic hydroxyl groups is 2. The molecule has 10 heteroatoms. The molecule has 1 aliphatic heterocycles. The average molecular weight is 289 g/mol. The molecule has 1 aromatic rings. The van der Waals surface area contributed by atoms with Crippen molar-refractivity contribution in [2.75, 3.05) is 6.61 Å². The second kappa shape index (κ2) is 5.15. The molecule has 104 valence electrons. The first kappa shape index (κ1) is 13.8. The molecule has 0 aliphatic carbocycles. The Kier molecular flexibility index (Phi) is 3.73. The molecule has 0 bridgehead atoms. The molecule has 1 fully saturated rings. The second-order valence-electron chi connectivity index (χ2n) is 4.05. The van der Waals surface area contributed by atoms with E-state index in [9.17, 15) is 24.8 Å². The first-order chi connectivity index (χ1) is 8.93. The first-order valence-corrected chi connectivity index (χ1v) is 6.32. The van der Waals surface area contributed by atoms with E-state index in [2.05, 4.69) is 0 Å². The number of nitrogens with one attached hydrogen (secondary N) is 1. The van der Waals surface area contributed by atoms with E-state index in [1.807, 2.05) is 4.98 Å². The molecule has 19 heavy (non-hydrogen) atoms. The van der Waals surface area contributed by atoms with Gasteiger partial charge in [-0.25, -0.2) is 4.79 Å².